The lowest BCUT2D eigenvalue weighted by Gasteiger charge is -2.27. The van der Waals surface area contributed by atoms with E-state index in [9.17, 15) is 14.7 Å². The number of carbonyl (C=O) groups is 2. The van der Waals surface area contributed by atoms with Crippen molar-refractivity contribution in [2.75, 3.05) is 32.8 Å². The molecular formula is C23H28N4O3. The minimum Gasteiger partial charge on any atom is -0.396 e. The highest BCUT2D eigenvalue weighted by Gasteiger charge is 2.53. The first kappa shape index (κ1) is 20.3. The van der Waals surface area contributed by atoms with Crippen molar-refractivity contribution in [3.05, 3.63) is 60.4 Å². The van der Waals surface area contributed by atoms with E-state index in [2.05, 4.69) is 5.10 Å². The Balaban J connectivity index is 1.31. The van der Waals surface area contributed by atoms with Crippen LogP contribution < -0.4 is 0 Å². The number of aliphatic hydroxyl groups is 1. The lowest BCUT2D eigenvalue weighted by atomic mass is 9.82. The highest BCUT2D eigenvalue weighted by atomic mass is 16.3. The third kappa shape index (κ3) is 4.31. The van der Waals surface area contributed by atoms with Crippen LogP contribution in [-0.2, 0) is 16.1 Å². The zero-order valence-corrected chi connectivity index (χ0v) is 17.1. The summed E-state index contributed by atoms with van der Waals surface area (Å²) in [4.78, 5) is 29.0. The van der Waals surface area contributed by atoms with Crippen molar-refractivity contribution in [2.24, 2.45) is 11.3 Å². The number of aliphatic hydroxyl groups excluding tert-OH is 1. The number of aryl methyl sites for hydroxylation is 1. The molecule has 3 heterocycles. The predicted molar refractivity (Wildman–Crippen MR) is 113 cm³/mol. The highest BCUT2D eigenvalue weighted by molar-refractivity contribution is 5.92. The second-order valence-electron chi connectivity index (χ2n) is 8.33. The largest absolute Gasteiger partial charge is 0.396 e. The van der Waals surface area contributed by atoms with Gasteiger partial charge < -0.3 is 14.9 Å². The fraction of sp³-hybridized carbons (Fsp3) is 0.435. The van der Waals surface area contributed by atoms with Crippen LogP contribution in [0.4, 0.5) is 0 Å². The summed E-state index contributed by atoms with van der Waals surface area (Å²) < 4.78 is 1.83. The number of rotatable bonds is 7. The van der Waals surface area contributed by atoms with E-state index in [1.54, 1.807) is 17.2 Å². The molecule has 2 amide bonds. The summed E-state index contributed by atoms with van der Waals surface area (Å²) in [6, 6.07) is 11.6. The SMILES string of the molecule is O=C(/C=C/c1ccccc1)N1C[C@@H]2CN(C(=O)CCCn3cccn3)C[C@]2(CO)C1. The van der Waals surface area contributed by atoms with Gasteiger partial charge in [-0.1, -0.05) is 30.3 Å². The molecule has 0 spiro atoms. The average molecular weight is 409 g/mol. The Morgan fingerprint density at radius 2 is 1.90 bits per heavy atom. The van der Waals surface area contributed by atoms with Gasteiger partial charge in [-0.3, -0.25) is 14.3 Å². The summed E-state index contributed by atoms with van der Waals surface area (Å²) in [5.41, 5.74) is 0.572. The van der Waals surface area contributed by atoms with E-state index in [4.69, 9.17) is 0 Å². The molecule has 1 aromatic heterocycles. The van der Waals surface area contributed by atoms with Crippen LogP contribution in [0.5, 0.6) is 0 Å². The summed E-state index contributed by atoms with van der Waals surface area (Å²) in [6.45, 7) is 2.89. The molecule has 7 nitrogen and oxygen atoms in total. The minimum absolute atomic E-state index is 0.0130. The first-order chi connectivity index (χ1) is 14.6. The Labute approximate surface area is 176 Å². The molecule has 30 heavy (non-hydrogen) atoms. The molecule has 7 heteroatoms. The molecule has 0 saturated carbocycles. The summed E-state index contributed by atoms with van der Waals surface area (Å²) in [5, 5.41) is 14.3. The zero-order valence-electron chi connectivity index (χ0n) is 17.1. The number of nitrogens with zero attached hydrogens (tertiary/aromatic N) is 4. The molecule has 2 aromatic rings. The van der Waals surface area contributed by atoms with Crippen molar-refractivity contribution in [3.8, 4) is 0 Å². The number of amides is 2. The van der Waals surface area contributed by atoms with Crippen LogP contribution in [0, 0.1) is 11.3 Å². The second-order valence-corrected chi connectivity index (χ2v) is 8.33. The highest BCUT2D eigenvalue weighted by Crippen LogP contribution is 2.42. The summed E-state index contributed by atoms with van der Waals surface area (Å²) in [5.74, 6) is 0.191. The lowest BCUT2D eigenvalue weighted by molar-refractivity contribution is -0.131. The maximum atomic E-state index is 12.7. The molecule has 0 radical (unpaired) electrons. The van der Waals surface area contributed by atoms with Crippen molar-refractivity contribution in [3.63, 3.8) is 0 Å². The standard InChI is InChI=1S/C23H28N4O3/c28-18-23-16-25(21(29)8-4-12-27-13-5-11-24-27)14-20(23)15-26(17-23)22(30)10-9-19-6-2-1-3-7-19/h1-3,5-7,9-11,13,20,28H,4,8,12,14-18H2/b10-9+/t20-,23+/m0/s1. The first-order valence-electron chi connectivity index (χ1n) is 10.5. The van der Waals surface area contributed by atoms with Gasteiger partial charge in [0, 0.05) is 68.9 Å². The molecule has 158 valence electrons. The van der Waals surface area contributed by atoms with Crippen LogP contribution in [0.2, 0.25) is 0 Å². The van der Waals surface area contributed by atoms with Crippen LogP contribution in [-0.4, -0.2) is 69.3 Å². The van der Waals surface area contributed by atoms with Crippen LogP contribution in [0.15, 0.2) is 54.9 Å². The van der Waals surface area contributed by atoms with E-state index >= 15 is 0 Å². The Morgan fingerprint density at radius 1 is 1.13 bits per heavy atom. The molecule has 2 aliphatic heterocycles. The van der Waals surface area contributed by atoms with Crippen molar-refractivity contribution in [1.82, 2.24) is 19.6 Å². The third-order valence-corrected chi connectivity index (χ3v) is 6.29. The number of fused-ring (bicyclic) bond motifs is 1. The first-order valence-corrected chi connectivity index (χ1v) is 10.5. The maximum Gasteiger partial charge on any atom is 0.246 e. The van der Waals surface area contributed by atoms with Gasteiger partial charge in [0.15, 0.2) is 0 Å². The van der Waals surface area contributed by atoms with Crippen molar-refractivity contribution in [1.29, 1.82) is 0 Å². The molecule has 2 fully saturated rings. The van der Waals surface area contributed by atoms with E-state index < -0.39 is 5.41 Å². The lowest BCUT2D eigenvalue weighted by Crippen LogP contribution is -2.40. The van der Waals surface area contributed by atoms with Crippen molar-refractivity contribution in [2.45, 2.75) is 19.4 Å². The average Bonchev–Trinajstić information content (AvgIpc) is 3.47. The number of benzene rings is 1. The molecular weight excluding hydrogens is 380 g/mol. The molecule has 0 aliphatic carbocycles. The Morgan fingerprint density at radius 3 is 2.60 bits per heavy atom. The third-order valence-electron chi connectivity index (χ3n) is 6.29. The van der Waals surface area contributed by atoms with Gasteiger partial charge in [-0.05, 0) is 24.1 Å². The van der Waals surface area contributed by atoms with Crippen LogP contribution >= 0.6 is 0 Å². The molecule has 2 atom stereocenters. The summed E-state index contributed by atoms with van der Waals surface area (Å²) in [7, 11) is 0. The minimum atomic E-state index is -0.409. The van der Waals surface area contributed by atoms with Gasteiger partial charge in [0.1, 0.15) is 0 Å². The van der Waals surface area contributed by atoms with E-state index in [0.717, 1.165) is 18.5 Å². The summed E-state index contributed by atoms with van der Waals surface area (Å²) in [6.07, 6.45) is 8.25. The van der Waals surface area contributed by atoms with Gasteiger partial charge in [-0.15, -0.1) is 0 Å². The number of hydrogen-bond acceptors (Lipinski definition) is 4. The van der Waals surface area contributed by atoms with Crippen LogP contribution in [0.3, 0.4) is 0 Å². The molecule has 4 rings (SSSR count). The molecule has 0 bridgehead atoms. The maximum absolute atomic E-state index is 12.7. The van der Waals surface area contributed by atoms with Crippen LogP contribution in [0.25, 0.3) is 6.08 Å². The van der Waals surface area contributed by atoms with Crippen molar-refractivity contribution < 1.29 is 14.7 Å². The quantitative estimate of drug-likeness (QED) is 0.707. The second kappa shape index (κ2) is 8.83. The molecule has 1 N–H and O–H groups in total. The summed E-state index contributed by atoms with van der Waals surface area (Å²) >= 11 is 0. The number of aromatic nitrogens is 2. The fourth-order valence-corrected chi connectivity index (χ4v) is 4.58. The van der Waals surface area contributed by atoms with Gasteiger partial charge in [0.2, 0.25) is 11.8 Å². The Bertz CT molecular complexity index is 896. The fourth-order valence-electron chi connectivity index (χ4n) is 4.58. The number of carbonyl (C=O) groups excluding carboxylic acids is 2. The molecule has 2 saturated heterocycles. The molecule has 2 aliphatic rings. The Kier molecular flexibility index (Phi) is 5.99. The monoisotopic (exact) mass is 408 g/mol. The van der Waals surface area contributed by atoms with E-state index in [1.807, 2.05) is 58.3 Å². The van der Waals surface area contributed by atoms with E-state index in [0.29, 0.717) is 32.6 Å². The smallest absolute Gasteiger partial charge is 0.246 e. The van der Waals surface area contributed by atoms with Crippen molar-refractivity contribution >= 4 is 17.9 Å². The van der Waals surface area contributed by atoms with Crippen LogP contribution in [0.1, 0.15) is 18.4 Å². The van der Waals surface area contributed by atoms with Gasteiger partial charge in [0.05, 0.1) is 6.61 Å². The number of hydrogen-bond donors (Lipinski definition) is 1. The van der Waals surface area contributed by atoms with Gasteiger partial charge in [-0.2, -0.15) is 5.10 Å². The number of likely N-dealkylation sites (tertiary alicyclic amines) is 2. The van der Waals surface area contributed by atoms with Gasteiger partial charge >= 0.3 is 0 Å². The molecule has 1 aromatic carbocycles. The van der Waals surface area contributed by atoms with E-state index in [-0.39, 0.29) is 24.3 Å². The van der Waals surface area contributed by atoms with Gasteiger partial charge in [0.25, 0.3) is 0 Å². The normalized spacial score (nSPS) is 23.3. The van der Waals surface area contributed by atoms with Gasteiger partial charge in [-0.25, -0.2) is 0 Å². The topological polar surface area (TPSA) is 78.7 Å². The Hall–Kier alpha value is -2.93. The van der Waals surface area contributed by atoms with E-state index in [1.165, 1.54) is 0 Å². The molecule has 0 unspecified atom stereocenters. The zero-order chi connectivity index (χ0) is 21.0. The predicted octanol–water partition coefficient (Wildman–Crippen LogP) is 1.66.